The van der Waals surface area contributed by atoms with Crippen molar-refractivity contribution in [2.45, 2.75) is 61.9 Å². The summed E-state index contributed by atoms with van der Waals surface area (Å²) in [5, 5.41) is 0. The van der Waals surface area contributed by atoms with E-state index in [-0.39, 0.29) is 5.91 Å². The minimum Gasteiger partial charge on any atom is -0.453 e. The summed E-state index contributed by atoms with van der Waals surface area (Å²) in [6, 6.07) is 15.3. The van der Waals surface area contributed by atoms with Crippen LogP contribution < -0.4 is 0 Å². The average molecular weight is 447 g/mol. The van der Waals surface area contributed by atoms with Crippen molar-refractivity contribution in [3.05, 3.63) is 59.7 Å². The van der Waals surface area contributed by atoms with E-state index < -0.39 is 6.09 Å². The molecule has 0 saturated heterocycles. The number of nitrogens with zero attached hydrogens (tertiary/aromatic N) is 2. The zero-order valence-corrected chi connectivity index (χ0v) is 22.4. The number of carbonyl (C=O) groups excluding carboxylic acids is 2. The van der Waals surface area contributed by atoms with Crippen LogP contribution in [-0.4, -0.2) is 50.1 Å². The maximum absolute atomic E-state index is 12.5. The number of ether oxygens (including phenoxy) is 1. The Morgan fingerprint density at radius 1 is 0.719 bits per heavy atom. The molecule has 0 unspecified atom stereocenters. The minimum atomic E-state index is -0.401. The fraction of sp³-hybridized carbons (Fsp3) is 0.481. The number of rotatable bonds is 4. The van der Waals surface area contributed by atoms with Crippen LogP contribution in [-0.2, 0) is 11.3 Å². The highest BCUT2D eigenvalue weighted by molar-refractivity contribution is 6.01. The van der Waals surface area contributed by atoms with Crippen LogP contribution >= 0.6 is 0 Å². The van der Waals surface area contributed by atoms with Crippen molar-refractivity contribution < 1.29 is 14.3 Å². The fourth-order valence-electron chi connectivity index (χ4n) is 2.54. The maximum atomic E-state index is 12.5. The van der Waals surface area contributed by atoms with Gasteiger partial charge in [-0.1, -0.05) is 97.9 Å². The normalized spacial score (nSPS) is 8.38. The van der Waals surface area contributed by atoms with Crippen molar-refractivity contribution in [1.82, 2.24) is 9.80 Å². The molecule has 2 rings (SSSR count). The molecule has 2 amide bonds. The highest BCUT2D eigenvalue weighted by Crippen LogP contribution is 2.28. The van der Waals surface area contributed by atoms with Crippen LogP contribution in [0.5, 0.6) is 0 Å². The highest BCUT2D eigenvalue weighted by Gasteiger charge is 2.17. The van der Waals surface area contributed by atoms with E-state index >= 15 is 0 Å². The van der Waals surface area contributed by atoms with Crippen LogP contribution in [0.1, 0.15) is 71.3 Å². The summed E-state index contributed by atoms with van der Waals surface area (Å²) in [6.07, 6.45) is -0.401. The molecule has 0 heterocycles. The van der Waals surface area contributed by atoms with E-state index in [0.717, 1.165) is 16.7 Å². The van der Waals surface area contributed by atoms with E-state index in [9.17, 15) is 9.59 Å². The highest BCUT2D eigenvalue weighted by atomic mass is 16.5. The first-order valence-corrected chi connectivity index (χ1v) is 11.6. The van der Waals surface area contributed by atoms with Gasteiger partial charge in [0.25, 0.3) is 5.91 Å². The summed E-state index contributed by atoms with van der Waals surface area (Å²) in [7, 11) is 6.50. The van der Waals surface area contributed by atoms with Gasteiger partial charge in [0.2, 0.25) is 0 Å². The Balaban J connectivity index is -0.000000945. The lowest BCUT2D eigenvalue weighted by atomic mass is 9.94. The lowest BCUT2D eigenvalue weighted by molar-refractivity contribution is 0.0828. The molecule has 2 aromatic rings. The average Bonchev–Trinajstić information content (AvgIpc) is 2.88. The molecular weight excluding hydrogens is 400 g/mol. The van der Waals surface area contributed by atoms with Crippen molar-refractivity contribution >= 4 is 12.0 Å². The monoisotopic (exact) mass is 446 g/mol. The Bertz CT molecular complexity index is 743. The Morgan fingerprint density at radius 3 is 1.62 bits per heavy atom. The summed E-state index contributed by atoms with van der Waals surface area (Å²) in [5.74, 6) is -0.0540. The van der Waals surface area contributed by atoms with Gasteiger partial charge in [-0.15, -0.1) is 0 Å². The molecule has 0 spiro atoms. The Morgan fingerprint density at radius 2 is 1.16 bits per heavy atom. The zero-order valence-electron chi connectivity index (χ0n) is 22.4. The van der Waals surface area contributed by atoms with E-state index in [0.29, 0.717) is 12.1 Å². The smallest absolute Gasteiger partial charge is 0.409 e. The van der Waals surface area contributed by atoms with Crippen LogP contribution in [0, 0.1) is 0 Å². The van der Waals surface area contributed by atoms with Crippen LogP contribution in [0.4, 0.5) is 4.79 Å². The first-order valence-electron chi connectivity index (χ1n) is 11.6. The molecule has 0 atom stereocenters. The zero-order chi connectivity index (χ0) is 25.7. The van der Waals surface area contributed by atoms with Crippen LogP contribution in [0.2, 0.25) is 0 Å². The first kappa shape index (κ1) is 33.8. The second-order valence-corrected chi connectivity index (χ2v) is 5.73. The number of methoxy groups -OCH3 is 1. The third-order valence-electron chi connectivity index (χ3n) is 3.76. The third-order valence-corrected chi connectivity index (χ3v) is 3.76. The molecule has 0 radical (unpaired) electrons. The van der Waals surface area contributed by atoms with Gasteiger partial charge >= 0.3 is 6.09 Å². The second kappa shape index (κ2) is 21.4. The number of hydrogen-bond acceptors (Lipinski definition) is 3. The van der Waals surface area contributed by atoms with Crippen LogP contribution in [0.25, 0.3) is 11.1 Å². The quantitative estimate of drug-likeness (QED) is 0.493. The largest absolute Gasteiger partial charge is 0.453 e. The van der Waals surface area contributed by atoms with Gasteiger partial charge < -0.3 is 14.5 Å². The van der Waals surface area contributed by atoms with Crippen molar-refractivity contribution in [3.63, 3.8) is 0 Å². The summed E-state index contributed by atoms with van der Waals surface area (Å²) in [5.41, 5.74) is 3.36. The van der Waals surface area contributed by atoms with E-state index in [2.05, 4.69) is 0 Å². The molecule has 0 aliphatic carbocycles. The molecule has 5 heteroatoms. The molecule has 5 nitrogen and oxygen atoms in total. The van der Waals surface area contributed by atoms with Crippen molar-refractivity contribution in [1.29, 1.82) is 0 Å². The van der Waals surface area contributed by atoms with Gasteiger partial charge in [0, 0.05) is 33.3 Å². The third kappa shape index (κ3) is 11.0. The second-order valence-electron chi connectivity index (χ2n) is 5.73. The lowest BCUT2D eigenvalue weighted by Gasteiger charge is -2.20. The molecule has 0 aromatic heterocycles. The van der Waals surface area contributed by atoms with Gasteiger partial charge in [-0.3, -0.25) is 4.79 Å². The van der Waals surface area contributed by atoms with Gasteiger partial charge in [0.15, 0.2) is 0 Å². The summed E-state index contributed by atoms with van der Waals surface area (Å²) in [6.45, 7) is 16.4. The molecule has 0 N–H and O–H groups in total. The van der Waals surface area contributed by atoms with Gasteiger partial charge in [0.1, 0.15) is 0 Å². The van der Waals surface area contributed by atoms with Crippen molar-refractivity contribution in [2.24, 2.45) is 0 Å². The number of amides is 2. The van der Waals surface area contributed by atoms with E-state index in [1.165, 1.54) is 12.0 Å². The molecule has 182 valence electrons. The van der Waals surface area contributed by atoms with Crippen molar-refractivity contribution in [3.8, 4) is 11.1 Å². The molecule has 0 saturated carbocycles. The standard InChI is InChI=1S/C19H22N2O3.4C2H6/c1-20(2)18(22)17-12-8-7-11-16(17)15-10-6-5-9-14(15)13-21(3)19(23)24-4;4*1-2/h5-12H,13H2,1-4H3;4*1-2H3. The number of carbonyl (C=O) groups is 2. The molecule has 0 bridgehead atoms. The fourth-order valence-corrected chi connectivity index (χ4v) is 2.54. The summed E-state index contributed by atoms with van der Waals surface area (Å²) >= 11 is 0. The predicted octanol–water partition coefficient (Wildman–Crippen LogP) is 7.36. The summed E-state index contributed by atoms with van der Waals surface area (Å²) in [4.78, 5) is 27.2. The molecule has 0 aliphatic heterocycles. The maximum Gasteiger partial charge on any atom is 0.409 e. The Hall–Kier alpha value is -2.82. The van der Waals surface area contributed by atoms with E-state index in [1.54, 1.807) is 26.0 Å². The molecular formula is C27H46N2O3. The van der Waals surface area contributed by atoms with Gasteiger partial charge in [-0.25, -0.2) is 4.79 Å². The van der Waals surface area contributed by atoms with Gasteiger partial charge in [-0.05, 0) is 22.8 Å². The Labute approximate surface area is 197 Å². The minimum absolute atomic E-state index is 0.0540. The molecule has 32 heavy (non-hydrogen) atoms. The lowest BCUT2D eigenvalue weighted by Crippen LogP contribution is -2.26. The van der Waals surface area contributed by atoms with Gasteiger partial charge in [0.05, 0.1) is 7.11 Å². The first-order chi connectivity index (χ1) is 15.5. The predicted molar refractivity (Wildman–Crippen MR) is 139 cm³/mol. The van der Waals surface area contributed by atoms with Crippen LogP contribution in [0.15, 0.2) is 48.5 Å². The molecule has 0 aliphatic rings. The SMILES string of the molecule is CC.CC.CC.CC.COC(=O)N(C)Cc1ccccc1-c1ccccc1C(=O)N(C)C. The van der Waals surface area contributed by atoms with Crippen LogP contribution in [0.3, 0.4) is 0 Å². The number of hydrogen-bond donors (Lipinski definition) is 0. The summed E-state index contributed by atoms with van der Waals surface area (Å²) < 4.78 is 4.75. The van der Waals surface area contributed by atoms with E-state index in [1.807, 2.05) is 104 Å². The molecule has 0 fully saturated rings. The van der Waals surface area contributed by atoms with E-state index in [4.69, 9.17) is 4.74 Å². The van der Waals surface area contributed by atoms with Gasteiger partial charge in [-0.2, -0.15) is 0 Å². The Kier molecular flexibility index (Phi) is 22.6. The topological polar surface area (TPSA) is 49.9 Å². The number of benzene rings is 2. The van der Waals surface area contributed by atoms with Crippen molar-refractivity contribution in [2.75, 3.05) is 28.3 Å². The molecule has 2 aromatic carbocycles.